The van der Waals surface area contributed by atoms with Crippen LogP contribution in [0.5, 0.6) is 11.5 Å². The van der Waals surface area contributed by atoms with E-state index in [-0.39, 0.29) is 12.0 Å². The molecule has 0 N–H and O–H groups in total. The van der Waals surface area contributed by atoms with Gasteiger partial charge in [0.1, 0.15) is 22.5 Å². The zero-order valence-electron chi connectivity index (χ0n) is 16.1. The molecule has 0 bridgehead atoms. The molecule has 146 valence electrons. The van der Waals surface area contributed by atoms with E-state index in [0.29, 0.717) is 13.2 Å². The van der Waals surface area contributed by atoms with Crippen LogP contribution in [-0.2, 0) is 16.1 Å². The van der Waals surface area contributed by atoms with E-state index in [1.807, 2.05) is 25.1 Å². The molecule has 1 aliphatic heterocycles. The van der Waals surface area contributed by atoms with Crippen LogP contribution in [0.25, 0.3) is 10.6 Å². The molecule has 1 atom stereocenters. The van der Waals surface area contributed by atoms with E-state index in [0.717, 1.165) is 53.6 Å². The van der Waals surface area contributed by atoms with E-state index < -0.39 is 0 Å². The molecule has 0 saturated carbocycles. The van der Waals surface area contributed by atoms with E-state index in [9.17, 15) is 4.79 Å². The number of aromatic nitrogens is 1. The van der Waals surface area contributed by atoms with Crippen LogP contribution >= 0.6 is 11.3 Å². The van der Waals surface area contributed by atoms with Crippen LogP contribution in [0.15, 0.2) is 23.6 Å². The first-order chi connectivity index (χ1) is 13.2. The molecule has 3 rings (SSSR count). The van der Waals surface area contributed by atoms with Gasteiger partial charge >= 0.3 is 5.97 Å². The smallest absolute Gasteiger partial charge is 0.323 e. The largest absolute Gasteiger partial charge is 0.497 e. The molecule has 1 aromatic heterocycles. The van der Waals surface area contributed by atoms with Gasteiger partial charge in [0.2, 0.25) is 0 Å². The van der Waals surface area contributed by atoms with Crippen molar-refractivity contribution in [3.8, 4) is 22.1 Å². The quantitative estimate of drug-likeness (QED) is 0.671. The van der Waals surface area contributed by atoms with Crippen molar-refractivity contribution in [3.63, 3.8) is 0 Å². The minimum Gasteiger partial charge on any atom is -0.497 e. The highest BCUT2D eigenvalue weighted by atomic mass is 32.1. The van der Waals surface area contributed by atoms with Crippen molar-refractivity contribution in [2.45, 2.75) is 38.8 Å². The number of nitrogens with zero attached hydrogens (tertiary/aromatic N) is 2. The molecule has 2 aromatic rings. The summed E-state index contributed by atoms with van der Waals surface area (Å²) in [6, 6.07) is 5.56. The highest BCUT2D eigenvalue weighted by Gasteiger charge is 2.30. The molecule has 0 radical (unpaired) electrons. The third-order valence-electron chi connectivity index (χ3n) is 4.73. The Kier molecular flexibility index (Phi) is 6.68. The van der Waals surface area contributed by atoms with Crippen molar-refractivity contribution < 1.29 is 19.0 Å². The van der Waals surface area contributed by atoms with E-state index in [4.69, 9.17) is 19.2 Å². The van der Waals surface area contributed by atoms with Crippen LogP contribution in [0, 0.1) is 0 Å². The van der Waals surface area contributed by atoms with Crippen molar-refractivity contribution in [1.29, 1.82) is 0 Å². The summed E-state index contributed by atoms with van der Waals surface area (Å²) in [4.78, 5) is 19.2. The summed E-state index contributed by atoms with van der Waals surface area (Å²) >= 11 is 1.58. The summed E-state index contributed by atoms with van der Waals surface area (Å²) < 4.78 is 16.0. The standard InChI is InChI=1S/C20H26N2O4S/c1-4-26-20(23)17-7-5-6-10-22(17)12-14-13-27-19(21-14)16-9-8-15(24-2)11-18(16)25-3/h8-9,11,13,17H,4-7,10,12H2,1-3H3. The number of methoxy groups -OCH3 is 2. The van der Waals surface area contributed by atoms with Crippen molar-refractivity contribution in [3.05, 3.63) is 29.3 Å². The van der Waals surface area contributed by atoms with E-state index >= 15 is 0 Å². The highest BCUT2D eigenvalue weighted by Crippen LogP contribution is 2.35. The first kappa shape index (κ1) is 19.6. The molecule has 1 saturated heterocycles. The Hall–Kier alpha value is -2.12. The molecule has 2 heterocycles. The Morgan fingerprint density at radius 2 is 2.15 bits per heavy atom. The molecule has 27 heavy (non-hydrogen) atoms. The molecule has 1 fully saturated rings. The summed E-state index contributed by atoms with van der Waals surface area (Å²) in [7, 11) is 3.28. The maximum atomic E-state index is 12.3. The van der Waals surface area contributed by atoms with Gasteiger partial charge < -0.3 is 14.2 Å². The maximum absolute atomic E-state index is 12.3. The molecule has 0 aliphatic carbocycles. The summed E-state index contributed by atoms with van der Waals surface area (Å²) in [5, 5.41) is 2.95. The Balaban J connectivity index is 1.76. The number of benzene rings is 1. The number of carbonyl (C=O) groups excluding carboxylic acids is 1. The fourth-order valence-electron chi connectivity index (χ4n) is 3.37. The monoisotopic (exact) mass is 390 g/mol. The normalized spacial score (nSPS) is 17.5. The number of hydrogen-bond acceptors (Lipinski definition) is 7. The van der Waals surface area contributed by atoms with Gasteiger partial charge in [-0.25, -0.2) is 4.98 Å². The second-order valence-corrected chi connectivity index (χ2v) is 7.30. The van der Waals surface area contributed by atoms with Crippen molar-refractivity contribution in [1.82, 2.24) is 9.88 Å². The van der Waals surface area contributed by atoms with Gasteiger partial charge in [-0.05, 0) is 38.4 Å². The number of hydrogen-bond donors (Lipinski definition) is 0. The number of rotatable bonds is 7. The predicted molar refractivity (Wildman–Crippen MR) is 105 cm³/mol. The van der Waals surface area contributed by atoms with Crippen molar-refractivity contribution in [2.24, 2.45) is 0 Å². The highest BCUT2D eigenvalue weighted by molar-refractivity contribution is 7.13. The Labute approximate surface area is 164 Å². The fraction of sp³-hybridized carbons (Fsp3) is 0.500. The molecule has 1 unspecified atom stereocenters. The van der Waals surface area contributed by atoms with E-state index in [2.05, 4.69) is 10.3 Å². The minimum atomic E-state index is -0.167. The van der Waals surface area contributed by atoms with Crippen molar-refractivity contribution in [2.75, 3.05) is 27.4 Å². The average molecular weight is 391 g/mol. The maximum Gasteiger partial charge on any atom is 0.323 e. The lowest BCUT2D eigenvalue weighted by atomic mass is 10.0. The Morgan fingerprint density at radius 1 is 1.30 bits per heavy atom. The van der Waals surface area contributed by atoms with Crippen LogP contribution in [0.2, 0.25) is 0 Å². The molecule has 6 nitrogen and oxygen atoms in total. The number of likely N-dealkylation sites (tertiary alicyclic amines) is 1. The lowest BCUT2D eigenvalue weighted by molar-refractivity contribution is -0.151. The third kappa shape index (κ3) is 4.59. The summed E-state index contributed by atoms with van der Waals surface area (Å²) in [5.74, 6) is 1.36. The van der Waals surface area contributed by atoms with Gasteiger partial charge in [0.25, 0.3) is 0 Å². The molecule has 1 aromatic carbocycles. The van der Waals surface area contributed by atoms with Crippen LogP contribution in [0.4, 0.5) is 0 Å². The number of thiazole rings is 1. The number of carbonyl (C=O) groups is 1. The molecule has 1 aliphatic rings. The molecule has 7 heteroatoms. The number of piperidine rings is 1. The van der Waals surface area contributed by atoms with Crippen LogP contribution in [0.3, 0.4) is 0 Å². The van der Waals surface area contributed by atoms with Gasteiger partial charge in [-0.2, -0.15) is 0 Å². The number of esters is 1. The molecule has 0 spiro atoms. The second-order valence-electron chi connectivity index (χ2n) is 6.44. The van der Waals surface area contributed by atoms with Gasteiger partial charge in [0.15, 0.2) is 0 Å². The van der Waals surface area contributed by atoms with Gasteiger partial charge in [0, 0.05) is 18.0 Å². The van der Waals surface area contributed by atoms with Gasteiger partial charge in [0.05, 0.1) is 32.1 Å². The van der Waals surface area contributed by atoms with Gasteiger partial charge in [-0.1, -0.05) is 6.42 Å². The Morgan fingerprint density at radius 3 is 2.89 bits per heavy atom. The van der Waals surface area contributed by atoms with Gasteiger partial charge in [-0.15, -0.1) is 11.3 Å². The van der Waals surface area contributed by atoms with Gasteiger partial charge in [-0.3, -0.25) is 9.69 Å². The van der Waals surface area contributed by atoms with Crippen LogP contribution in [0.1, 0.15) is 31.9 Å². The van der Waals surface area contributed by atoms with E-state index in [1.165, 1.54) is 0 Å². The summed E-state index contributed by atoms with van der Waals surface area (Å²) in [5.41, 5.74) is 1.90. The summed E-state index contributed by atoms with van der Waals surface area (Å²) in [6.45, 7) is 3.81. The topological polar surface area (TPSA) is 60.9 Å². The zero-order valence-corrected chi connectivity index (χ0v) is 16.9. The zero-order chi connectivity index (χ0) is 19.2. The van der Waals surface area contributed by atoms with E-state index in [1.54, 1.807) is 25.6 Å². The third-order valence-corrected chi connectivity index (χ3v) is 5.65. The average Bonchev–Trinajstić information content (AvgIpc) is 3.16. The van der Waals surface area contributed by atoms with Crippen molar-refractivity contribution >= 4 is 17.3 Å². The van der Waals surface area contributed by atoms with Crippen LogP contribution < -0.4 is 9.47 Å². The molecule has 0 amide bonds. The SMILES string of the molecule is CCOC(=O)C1CCCCN1Cc1csc(-c2ccc(OC)cc2OC)n1. The summed E-state index contributed by atoms with van der Waals surface area (Å²) in [6.07, 6.45) is 3.01. The predicted octanol–water partition coefficient (Wildman–Crippen LogP) is 3.74. The Bertz CT molecular complexity index is 777. The first-order valence-corrected chi connectivity index (χ1v) is 10.1. The minimum absolute atomic E-state index is 0.121. The first-order valence-electron chi connectivity index (χ1n) is 9.23. The molecular formula is C20H26N2O4S. The fourth-order valence-corrected chi connectivity index (χ4v) is 4.21. The van der Waals surface area contributed by atoms with Crippen LogP contribution in [-0.4, -0.2) is 49.3 Å². The second kappa shape index (κ2) is 9.19. The lowest BCUT2D eigenvalue weighted by Gasteiger charge is -2.33. The number of ether oxygens (including phenoxy) is 3. The molecular weight excluding hydrogens is 364 g/mol. The lowest BCUT2D eigenvalue weighted by Crippen LogP contribution is -2.45.